The third-order valence-electron chi connectivity index (χ3n) is 2.99. The summed E-state index contributed by atoms with van der Waals surface area (Å²) in [4.78, 5) is 0. The lowest BCUT2D eigenvalue weighted by atomic mass is 10.1. The van der Waals surface area contributed by atoms with Crippen LogP contribution in [-0.4, -0.2) is 11.1 Å². The van der Waals surface area contributed by atoms with Crippen molar-refractivity contribution in [2.45, 2.75) is 26.3 Å². The maximum Gasteiger partial charge on any atom is 0.0477 e. The largest absolute Gasteiger partial charge is 0.351 e. The molecular formula is C14H20N2. The molecule has 2 aromatic rings. The number of unbranched alkanes of at least 4 members (excludes halogenated alkanes) is 1. The molecule has 0 saturated heterocycles. The van der Waals surface area contributed by atoms with Gasteiger partial charge in [0, 0.05) is 25.3 Å². The van der Waals surface area contributed by atoms with Crippen LogP contribution in [0.4, 0.5) is 0 Å². The summed E-state index contributed by atoms with van der Waals surface area (Å²) >= 11 is 0. The van der Waals surface area contributed by atoms with Gasteiger partial charge in [0.15, 0.2) is 0 Å². The molecule has 1 heterocycles. The molecule has 1 aromatic heterocycles. The Balaban J connectivity index is 2.02. The monoisotopic (exact) mass is 216 g/mol. The zero-order chi connectivity index (χ0) is 11.4. The maximum atomic E-state index is 3.47. The summed E-state index contributed by atoms with van der Waals surface area (Å²) in [6.45, 7) is 4.31. The van der Waals surface area contributed by atoms with Gasteiger partial charge in [-0.2, -0.15) is 0 Å². The Hall–Kier alpha value is -1.28. The Morgan fingerprint density at radius 2 is 2.12 bits per heavy atom. The van der Waals surface area contributed by atoms with E-state index in [1.54, 1.807) is 0 Å². The SMILES string of the molecule is CCCCNCc1ccc2c(ccn2C)c1. The lowest BCUT2D eigenvalue weighted by Gasteiger charge is -2.04. The van der Waals surface area contributed by atoms with Gasteiger partial charge in [-0.25, -0.2) is 0 Å². The molecule has 86 valence electrons. The van der Waals surface area contributed by atoms with Crippen LogP contribution in [0.2, 0.25) is 0 Å². The van der Waals surface area contributed by atoms with E-state index in [2.05, 4.69) is 54.3 Å². The molecule has 0 unspecified atom stereocenters. The number of aryl methyl sites for hydroxylation is 1. The van der Waals surface area contributed by atoms with Crippen molar-refractivity contribution in [1.29, 1.82) is 0 Å². The fourth-order valence-electron chi connectivity index (χ4n) is 1.98. The third kappa shape index (κ3) is 2.45. The molecule has 0 aliphatic heterocycles. The van der Waals surface area contributed by atoms with Gasteiger partial charge in [0.05, 0.1) is 0 Å². The van der Waals surface area contributed by atoms with Crippen molar-refractivity contribution in [2.24, 2.45) is 7.05 Å². The predicted molar refractivity (Wildman–Crippen MR) is 69.5 cm³/mol. The molecule has 0 radical (unpaired) electrons. The molecule has 0 spiro atoms. The Bertz CT molecular complexity index is 457. The van der Waals surface area contributed by atoms with E-state index < -0.39 is 0 Å². The fraction of sp³-hybridized carbons (Fsp3) is 0.429. The summed E-state index contributed by atoms with van der Waals surface area (Å²) in [5.74, 6) is 0. The van der Waals surface area contributed by atoms with Gasteiger partial charge in [-0.05, 0) is 42.1 Å². The average molecular weight is 216 g/mol. The highest BCUT2D eigenvalue weighted by atomic mass is 14.9. The molecule has 2 nitrogen and oxygen atoms in total. The van der Waals surface area contributed by atoms with Gasteiger partial charge in [-0.3, -0.25) is 0 Å². The van der Waals surface area contributed by atoms with Crippen LogP contribution in [-0.2, 0) is 13.6 Å². The Kier molecular flexibility index (Phi) is 3.62. The van der Waals surface area contributed by atoms with Gasteiger partial charge < -0.3 is 9.88 Å². The van der Waals surface area contributed by atoms with Crippen molar-refractivity contribution in [3.8, 4) is 0 Å². The van der Waals surface area contributed by atoms with Crippen LogP contribution >= 0.6 is 0 Å². The van der Waals surface area contributed by atoms with Crippen LogP contribution in [0.5, 0.6) is 0 Å². The quantitative estimate of drug-likeness (QED) is 0.760. The molecule has 2 rings (SSSR count). The smallest absolute Gasteiger partial charge is 0.0477 e. The molecule has 0 bridgehead atoms. The normalized spacial score (nSPS) is 11.1. The zero-order valence-electron chi connectivity index (χ0n) is 10.2. The number of aromatic nitrogens is 1. The first-order chi connectivity index (χ1) is 7.81. The molecule has 0 fully saturated rings. The number of benzene rings is 1. The predicted octanol–water partition coefficient (Wildman–Crippen LogP) is 3.07. The molecule has 0 amide bonds. The molecule has 1 aromatic carbocycles. The summed E-state index contributed by atoms with van der Waals surface area (Å²) in [5, 5.41) is 4.80. The van der Waals surface area contributed by atoms with Gasteiger partial charge in [0.1, 0.15) is 0 Å². The van der Waals surface area contributed by atoms with Gasteiger partial charge in [0.25, 0.3) is 0 Å². The van der Waals surface area contributed by atoms with Crippen LogP contribution in [0.1, 0.15) is 25.3 Å². The van der Waals surface area contributed by atoms with Crippen LogP contribution in [0.3, 0.4) is 0 Å². The first-order valence-corrected chi connectivity index (χ1v) is 6.06. The van der Waals surface area contributed by atoms with Crippen molar-refractivity contribution < 1.29 is 0 Å². The van der Waals surface area contributed by atoms with Crippen LogP contribution in [0.25, 0.3) is 10.9 Å². The minimum absolute atomic E-state index is 0.977. The van der Waals surface area contributed by atoms with Gasteiger partial charge in [-0.1, -0.05) is 19.4 Å². The Labute approximate surface area is 97.3 Å². The van der Waals surface area contributed by atoms with Crippen molar-refractivity contribution in [2.75, 3.05) is 6.54 Å². The van der Waals surface area contributed by atoms with Gasteiger partial charge in [-0.15, -0.1) is 0 Å². The van der Waals surface area contributed by atoms with E-state index in [0.29, 0.717) is 0 Å². The molecule has 2 heteroatoms. The first-order valence-electron chi connectivity index (χ1n) is 6.06. The molecule has 0 aliphatic rings. The lowest BCUT2D eigenvalue weighted by Crippen LogP contribution is -2.14. The summed E-state index contributed by atoms with van der Waals surface area (Å²) in [6, 6.07) is 8.85. The van der Waals surface area contributed by atoms with E-state index in [-0.39, 0.29) is 0 Å². The van der Waals surface area contributed by atoms with Gasteiger partial charge in [0.2, 0.25) is 0 Å². The third-order valence-corrected chi connectivity index (χ3v) is 2.99. The highest BCUT2D eigenvalue weighted by molar-refractivity contribution is 5.80. The van der Waals surface area contributed by atoms with E-state index in [1.165, 1.54) is 29.3 Å². The van der Waals surface area contributed by atoms with E-state index in [9.17, 15) is 0 Å². The topological polar surface area (TPSA) is 17.0 Å². The molecular weight excluding hydrogens is 196 g/mol. The maximum absolute atomic E-state index is 3.47. The second-order valence-corrected chi connectivity index (χ2v) is 4.35. The Morgan fingerprint density at radius 3 is 2.94 bits per heavy atom. The zero-order valence-corrected chi connectivity index (χ0v) is 10.2. The number of fused-ring (bicyclic) bond motifs is 1. The number of rotatable bonds is 5. The van der Waals surface area contributed by atoms with E-state index in [1.807, 2.05) is 0 Å². The average Bonchev–Trinajstić information content (AvgIpc) is 2.66. The fourth-order valence-corrected chi connectivity index (χ4v) is 1.98. The lowest BCUT2D eigenvalue weighted by molar-refractivity contribution is 0.642. The highest BCUT2D eigenvalue weighted by Crippen LogP contribution is 2.16. The Morgan fingerprint density at radius 1 is 1.25 bits per heavy atom. The van der Waals surface area contributed by atoms with Crippen LogP contribution < -0.4 is 5.32 Å². The van der Waals surface area contributed by atoms with Crippen molar-refractivity contribution in [3.05, 3.63) is 36.0 Å². The highest BCUT2D eigenvalue weighted by Gasteiger charge is 1.99. The molecule has 0 atom stereocenters. The second-order valence-electron chi connectivity index (χ2n) is 4.35. The van der Waals surface area contributed by atoms with Crippen molar-refractivity contribution in [3.63, 3.8) is 0 Å². The number of nitrogens with zero attached hydrogens (tertiary/aromatic N) is 1. The van der Waals surface area contributed by atoms with Crippen molar-refractivity contribution in [1.82, 2.24) is 9.88 Å². The number of hydrogen-bond acceptors (Lipinski definition) is 1. The number of hydrogen-bond donors (Lipinski definition) is 1. The summed E-state index contributed by atoms with van der Waals surface area (Å²) in [6.07, 6.45) is 4.62. The van der Waals surface area contributed by atoms with E-state index >= 15 is 0 Å². The number of nitrogens with one attached hydrogen (secondary N) is 1. The van der Waals surface area contributed by atoms with E-state index in [0.717, 1.165) is 13.1 Å². The minimum Gasteiger partial charge on any atom is -0.351 e. The van der Waals surface area contributed by atoms with Gasteiger partial charge >= 0.3 is 0 Å². The van der Waals surface area contributed by atoms with E-state index in [4.69, 9.17) is 0 Å². The molecule has 0 saturated carbocycles. The van der Waals surface area contributed by atoms with Crippen molar-refractivity contribution >= 4 is 10.9 Å². The first kappa shape index (κ1) is 11.2. The summed E-state index contributed by atoms with van der Waals surface area (Å²) in [5.41, 5.74) is 2.67. The molecule has 0 aliphatic carbocycles. The molecule has 16 heavy (non-hydrogen) atoms. The summed E-state index contributed by atoms with van der Waals surface area (Å²) < 4.78 is 2.16. The molecule has 1 N–H and O–H groups in total. The summed E-state index contributed by atoms with van der Waals surface area (Å²) in [7, 11) is 2.08. The van der Waals surface area contributed by atoms with Crippen LogP contribution in [0.15, 0.2) is 30.5 Å². The standard InChI is InChI=1S/C14H20N2/c1-3-4-8-15-11-12-5-6-14-13(10-12)7-9-16(14)2/h5-7,9-10,15H,3-4,8,11H2,1-2H3. The van der Waals surface area contributed by atoms with Crippen LogP contribution in [0, 0.1) is 0 Å². The second kappa shape index (κ2) is 5.17. The minimum atomic E-state index is 0.977.